The van der Waals surface area contributed by atoms with E-state index in [0.29, 0.717) is 38.4 Å². The lowest BCUT2D eigenvalue weighted by molar-refractivity contribution is -0.118. The fourth-order valence-electron chi connectivity index (χ4n) is 3.69. The molecule has 28 heavy (non-hydrogen) atoms. The SMILES string of the molecule is CCN(C(=O)CCN1CCCN(C(=O)c2ccco2)CC1)c1ccccc1C. The van der Waals surface area contributed by atoms with E-state index in [1.807, 2.05) is 47.9 Å². The Kier molecular flexibility index (Phi) is 6.87. The predicted octanol–water partition coefficient (Wildman–Crippen LogP) is 3.18. The summed E-state index contributed by atoms with van der Waals surface area (Å²) in [5, 5.41) is 0. The molecular formula is C22H29N3O3. The Morgan fingerprint density at radius 2 is 1.89 bits per heavy atom. The molecule has 1 saturated heterocycles. The van der Waals surface area contributed by atoms with Crippen LogP contribution >= 0.6 is 0 Å². The molecule has 2 amide bonds. The highest BCUT2D eigenvalue weighted by Gasteiger charge is 2.23. The summed E-state index contributed by atoms with van der Waals surface area (Å²) >= 11 is 0. The van der Waals surface area contributed by atoms with Crippen LogP contribution in [-0.2, 0) is 4.79 Å². The van der Waals surface area contributed by atoms with Gasteiger partial charge >= 0.3 is 0 Å². The van der Waals surface area contributed by atoms with E-state index in [-0.39, 0.29) is 11.8 Å². The standard InChI is InChI=1S/C22H29N3O3/c1-3-25(19-9-5-4-8-18(19)2)21(26)11-14-23-12-7-13-24(16-15-23)22(27)20-10-6-17-28-20/h4-6,8-10,17H,3,7,11-16H2,1-2H3. The van der Waals surface area contributed by atoms with Gasteiger partial charge in [-0.05, 0) is 50.6 Å². The summed E-state index contributed by atoms with van der Waals surface area (Å²) in [5.74, 6) is 0.477. The van der Waals surface area contributed by atoms with Gasteiger partial charge in [-0.3, -0.25) is 9.59 Å². The number of carbonyl (C=O) groups excluding carboxylic acids is 2. The van der Waals surface area contributed by atoms with Crippen LogP contribution in [0.4, 0.5) is 5.69 Å². The minimum atomic E-state index is -0.0559. The van der Waals surface area contributed by atoms with E-state index in [1.54, 1.807) is 12.1 Å². The summed E-state index contributed by atoms with van der Waals surface area (Å²) in [6.45, 7) is 8.46. The van der Waals surface area contributed by atoms with Gasteiger partial charge in [-0.2, -0.15) is 0 Å². The Hall–Kier alpha value is -2.60. The third kappa shape index (κ3) is 4.81. The maximum atomic E-state index is 12.8. The highest BCUT2D eigenvalue weighted by atomic mass is 16.3. The van der Waals surface area contributed by atoms with Gasteiger partial charge in [0, 0.05) is 44.8 Å². The van der Waals surface area contributed by atoms with Gasteiger partial charge in [-0.25, -0.2) is 0 Å². The first-order chi connectivity index (χ1) is 13.6. The average molecular weight is 383 g/mol. The second kappa shape index (κ2) is 9.55. The van der Waals surface area contributed by atoms with E-state index in [1.165, 1.54) is 6.26 Å². The molecule has 0 atom stereocenters. The van der Waals surface area contributed by atoms with Gasteiger partial charge in [-0.1, -0.05) is 18.2 Å². The Morgan fingerprint density at radius 3 is 2.61 bits per heavy atom. The number of anilines is 1. The molecule has 0 radical (unpaired) electrons. The van der Waals surface area contributed by atoms with Crippen LogP contribution in [0.2, 0.25) is 0 Å². The number of nitrogens with zero attached hydrogens (tertiary/aromatic N) is 3. The normalized spacial score (nSPS) is 15.3. The maximum absolute atomic E-state index is 12.8. The van der Waals surface area contributed by atoms with Crippen molar-refractivity contribution in [2.45, 2.75) is 26.7 Å². The molecular weight excluding hydrogens is 354 g/mol. The molecule has 2 heterocycles. The molecule has 6 nitrogen and oxygen atoms in total. The first-order valence-electron chi connectivity index (χ1n) is 10.0. The van der Waals surface area contributed by atoms with Crippen LogP contribution in [-0.4, -0.2) is 60.9 Å². The lowest BCUT2D eigenvalue weighted by Gasteiger charge is -2.25. The molecule has 1 fully saturated rings. The minimum absolute atomic E-state index is 0.0559. The monoisotopic (exact) mass is 383 g/mol. The topological polar surface area (TPSA) is 57.0 Å². The third-order valence-electron chi connectivity index (χ3n) is 5.27. The fourth-order valence-corrected chi connectivity index (χ4v) is 3.69. The summed E-state index contributed by atoms with van der Waals surface area (Å²) in [7, 11) is 0. The highest BCUT2D eigenvalue weighted by molar-refractivity contribution is 5.94. The van der Waals surface area contributed by atoms with Crippen LogP contribution in [0.1, 0.15) is 35.9 Å². The van der Waals surface area contributed by atoms with Gasteiger partial charge in [-0.15, -0.1) is 0 Å². The molecule has 3 rings (SSSR count). The van der Waals surface area contributed by atoms with Crippen molar-refractivity contribution in [1.82, 2.24) is 9.80 Å². The van der Waals surface area contributed by atoms with Gasteiger partial charge in [0.1, 0.15) is 0 Å². The van der Waals surface area contributed by atoms with E-state index in [9.17, 15) is 9.59 Å². The number of rotatable bonds is 6. The average Bonchev–Trinajstić information content (AvgIpc) is 3.14. The maximum Gasteiger partial charge on any atom is 0.289 e. The van der Waals surface area contributed by atoms with Crippen molar-refractivity contribution in [2.24, 2.45) is 0 Å². The number of benzene rings is 1. The Bertz CT molecular complexity index is 788. The van der Waals surface area contributed by atoms with Crippen LogP contribution in [0.15, 0.2) is 47.1 Å². The van der Waals surface area contributed by atoms with Crippen molar-refractivity contribution in [3.63, 3.8) is 0 Å². The van der Waals surface area contributed by atoms with Crippen molar-refractivity contribution in [3.05, 3.63) is 54.0 Å². The molecule has 1 aliphatic rings. The Morgan fingerprint density at radius 1 is 1.07 bits per heavy atom. The Labute approximate surface area is 166 Å². The highest BCUT2D eigenvalue weighted by Crippen LogP contribution is 2.20. The zero-order chi connectivity index (χ0) is 19.9. The number of hydrogen-bond acceptors (Lipinski definition) is 4. The van der Waals surface area contributed by atoms with Gasteiger partial charge in [0.2, 0.25) is 5.91 Å². The summed E-state index contributed by atoms with van der Waals surface area (Å²) in [5.41, 5.74) is 2.10. The number of furan rings is 1. The summed E-state index contributed by atoms with van der Waals surface area (Å²) in [4.78, 5) is 31.2. The molecule has 0 aliphatic carbocycles. The second-order valence-electron chi connectivity index (χ2n) is 7.14. The van der Waals surface area contributed by atoms with Crippen LogP contribution in [0.3, 0.4) is 0 Å². The zero-order valence-electron chi connectivity index (χ0n) is 16.8. The lowest BCUT2D eigenvalue weighted by atomic mass is 10.1. The van der Waals surface area contributed by atoms with Crippen LogP contribution in [0.5, 0.6) is 0 Å². The molecule has 0 unspecified atom stereocenters. The van der Waals surface area contributed by atoms with E-state index >= 15 is 0 Å². The van der Waals surface area contributed by atoms with E-state index in [0.717, 1.165) is 30.8 Å². The largest absolute Gasteiger partial charge is 0.459 e. The predicted molar refractivity (Wildman–Crippen MR) is 109 cm³/mol. The second-order valence-corrected chi connectivity index (χ2v) is 7.14. The number of para-hydroxylation sites is 1. The minimum Gasteiger partial charge on any atom is -0.459 e. The van der Waals surface area contributed by atoms with Crippen molar-refractivity contribution in [1.29, 1.82) is 0 Å². The van der Waals surface area contributed by atoms with E-state index in [2.05, 4.69) is 4.90 Å². The van der Waals surface area contributed by atoms with Gasteiger partial charge in [0.05, 0.1) is 6.26 Å². The summed E-state index contributed by atoms with van der Waals surface area (Å²) in [6.07, 6.45) is 2.90. The number of amides is 2. The third-order valence-corrected chi connectivity index (χ3v) is 5.27. The van der Waals surface area contributed by atoms with Gasteiger partial charge in [0.25, 0.3) is 5.91 Å². The first kappa shape index (κ1) is 20.1. The van der Waals surface area contributed by atoms with Crippen LogP contribution in [0, 0.1) is 6.92 Å². The van der Waals surface area contributed by atoms with E-state index < -0.39 is 0 Å². The fraction of sp³-hybridized carbons (Fsp3) is 0.455. The number of aryl methyl sites for hydroxylation is 1. The van der Waals surface area contributed by atoms with Gasteiger partial charge in [0.15, 0.2) is 5.76 Å². The molecule has 0 N–H and O–H groups in total. The molecule has 0 saturated carbocycles. The van der Waals surface area contributed by atoms with Crippen LogP contribution < -0.4 is 4.90 Å². The summed E-state index contributed by atoms with van der Waals surface area (Å²) in [6, 6.07) is 11.4. The number of carbonyl (C=O) groups is 2. The number of hydrogen-bond donors (Lipinski definition) is 0. The van der Waals surface area contributed by atoms with E-state index in [4.69, 9.17) is 4.42 Å². The Balaban J connectivity index is 1.52. The first-order valence-corrected chi connectivity index (χ1v) is 10.0. The molecule has 6 heteroatoms. The molecule has 0 bridgehead atoms. The molecule has 2 aromatic rings. The van der Waals surface area contributed by atoms with Crippen molar-refractivity contribution < 1.29 is 14.0 Å². The molecule has 1 aliphatic heterocycles. The van der Waals surface area contributed by atoms with Crippen LogP contribution in [0.25, 0.3) is 0 Å². The molecule has 1 aromatic heterocycles. The smallest absolute Gasteiger partial charge is 0.289 e. The zero-order valence-corrected chi connectivity index (χ0v) is 16.8. The van der Waals surface area contributed by atoms with Gasteiger partial charge < -0.3 is 19.1 Å². The molecule has 0 spiro atoms. The van der Waals surface area contributed by atoms with Crippen molar-refractivity contribution >= 4 is 17.5 Å². The quantitative estimate of drug-likeness (QED) is 0.769. The van der Waals surface area contributed by atoms with Crippen molar-refractivity contribution in [2.75, 3.05) is 44.2 Å². The molecule has 1 aromatic carbocycles. The van der Waals surface area contributed by atoms with Crippen molar-refractivity contribution in [3.8, 4) is 0 Å². The lowest BCUT2D eigenvalue weighted by Crippen LogP contribution is -2.37. The molecule has 150 valence electrons. The summed E-state index contributed by atoms with van der Waals surface area (Å²) < 4.78 is 5.23.